The number of nitrogens with zero attached hydrogens (tertiary/aromatic N) is 2. The number of piperidine rings is 1. The number of aromatic nitrogens is 2. The van der Waals surface area contributed by atoms with Crippen LogP contribution in [0.15, 0.2) is 15.8 Å². The van der Waals surface area contributed by atoms with Gasteiger partial charge in [0.25, 0.3) is 5.56 Å². The molecule has 2 atom stereocenters. The fourth-order valence-electron chi connectivity index (χ4n) is 3.71. The maximum absolute atomic E-state index is 12.3. The number of likely N-dealkylation sites (tertiary alicyclic amines) is 1. The second-order valence-electron chi connectivity index (χ2n) is 7.46. The normalized spacial score (nSPS) is 23.0. The number of H-pyrrole nitrogens is 1. The van der Waals surface area contributed by atoms with Crippen LogP contribution in [0.5, 0.6) is 0 Å². The van der Waals surface area contributed by atoms with Crippen molar-refractivity contribution in [3.8, 4) is 0 Å². The number of carbonyl (C=O) groups is 2. The highest BCUT2D eigenvalue weighted by molar-refractivity contribution is 5.78. The molecule has 0 unspecified atom stereocenters. The average molecular weight is 377 g/mol. The zero-order valence-electron chi connectivity index (χ0n) is 15.8. The van der Waals surface area contributed by atoms with E-state index >= 15 is 0 Å². The zero-order chi connectivity index (χ0) is 19.6. The number of hydrogen-bond acceptors (Lipinski definition) is 5. The fraction of sp³-hybridized carbons (Fsp3) is 0.667. The van der Waals surface area contributed by atoms with E-state index in [2.05, 4.69) is 15.6 Å². The van der Waals surface area contributed by atoms with E-state index in [1.165, 1.54) is 13.2 Å². The molecule has 1 saturated carbocycles. The Morgan fingerprint density at radius 1 is 1.15 bits per heavy atom. The highest BCUT2D eigenvalue weighted by Gasteiger charge is 2.34. The van der Waals surface area contributed by atoms with Gasteiger partial charge in [0, 0.05) is 56.9 Å². The maximum Gasteiger partial charge on any atom is 0.328 e. The van der Waals surface area contributed by atoms with Crippen LogP contribution in [0.1, 0.15) is 38.2 Å². The lowest BCUT2D eigenvalue weighted by Crippen LogP contribution is -2.60. The molecule has 148 valence electrons. The molecule has 2 heterocycles. The second kappa shape index (κ2) is 8.08. The molecule has 1 saturated heterocycles. The van der Waals surface area contributed by atoms with Crippen molar-refractivity contribution in [1.29, 1.82) is 0 Å². The molecule has 3 N–H and O–H groups in total. The molecule has 1 aromatic heterocycles. The highest BCUT2D eigenvalue weighted by atomic mass is 16.2. The molecule has 2 amide bonds. The van der Waals surface area contributed by atoms with Crippen molar-refractivity contribution in [2.45, 2.75) is 57.2 Å². The Hall–Kier alpha value is -2.42. The lowest BCUT2D eigenvalue weighted by Gasteiger charge is -2.42. The number of carbonyl (C=O) groups excluding carboxylic acids is 2. The zero-order valence-corrected chi connectivity index (χ0v) is 15.8. The maximum atomic E-state index is 12.3. The van der Waals surface area contributed by atoms with Gasteiger partial charge in [0.2, 0.25) is 11.8 Å². The minimum atomic E-state index is -0.497. The molecule has 1 aromatic rings. The monoisotopic (exact) mass is 377 g/mol. The molecular weight excluding hydrogens is 350 g/mol. The van der Waals surface area contributed by atoms with E-state index < -0.39 is 11.2 Å². The molecule has 0 radical (unpaired) electrons. The molecule has 3 rings (SSSR count). The van der Waals surface area contributed by atoms with Gasteiger partial charge < -0.3 is 20.5 Å². The van der Waals surface area contributed by atoms with Gasteiger partial charge in [-0.2, -0.15) is 0 Å². The third-order valence-electron chi connectivity index (χ3n) is 5.62. The largest absolute Gasteiger partial charge is 0.352 e. The number of nitrogens with one attached hydrogen (secondary N) is 3. The van der Waals surface area contributed by atoms with Crippen molar-refractivity contribution < 1.29 is 9.59 Å². The Balaban J connectivity index is 1.48. The summed E-state index contributed by atoms with van der Waals surface area (Å²) in [6.45, 7) is 3.14. The summed E-state index contributed by atoms with van der Waals surface area (Å²) in [5.41, 5.74) is -0.673. The second-order valence-corrected chi connectivity index (χ2v) is 7.46. The van der Waals surface area contributed by atoms with E-state index in [0.717, 1.165) is 43.3 Å². The van der Waals surface area contributed by atoms with Gasteiger partial charge in [0.05, 0.1) is 6.42 Å². The van der Waals surface area contributed by atoms with E-state index in [-0.39, 0.29) is 35.9 Å². The molecule has 9 heteroatoms. The van der Waals surface area contributed by atoms with Crippen LogP contribution in [0.25, 0.3) is 0 Å². The van der Waals surface area contributed by atoms with E-state index in [0.29, 0.717) is 6.04 Å². The molecule has 1 aliphatic heterocycles. The minimum Gasteiger partial charge on any atom is -0.352 e. The predicted molar refractivity (Wildman–Crippen MR) is 99.4 cm³/mol. The van der Waals surface area contributed by atoms with Crippen LogP contribution in [0.3, 0.4) is 0 Å². The summed E-state index contributed by atoms with van der Waals surface area (Å²) in [6, 6.07) is 0.632. The lowest BCUT2D eigenvalue weighted by atomic mass is 9.84. The van der Waals surface area contributed by atoms with Gasteiger partial charge in [0.1, 0.15) is 0 Å². The molecule has 0 spiro atoms. The van der Waals surface area contributed by atoms with E-state index in [1.54, 1.807) is 6.92 Å². The first-order valence-corrected chi connectivity index (χ1v) is 9.43. The molecule has 2 aliphatic rings. The fourth-order valence-corrected chi connectivity index (χ4v) is 3.71. The molecule has 0 bridgehead atoms. The van der Waals surface area contributed by atoms with Crippen LogP contribution in [0, 0.1) is 0 Å². The standard InChI is InChI=1S/C18H27N5O4/c1-11(24)23-7-5-13(6-8-23)20-14-3-4-15(14)21-16(25)9-12-10-19-18(27)22(2)17(12)26/h10,13-15,20H,3-9H2,1-2H3,(H,19,27)(H,21,25)/t14-,15+/m1/s1. The first kappa shape index (κ1) is 19.3. The van der Waals surface area contributed by atoms with Crippen LogP contribution in [0.4, 0.5) is 0 Å². The third kappa shape index (κ3) is 4.47. The molecule has 2 fully saturated rings. The summed E-state index contributed by atoms with van der Waals surface area (Å²) in [7, 11) is 1.38. The molecular formula is C18H27N5O4. The van der Waals surface area contributed by atoms with Crippen molar-refractivity contribution in [1.82, 2.24) is 25.1 Å². The molecule has 1 aliphatic carbocycles. The quantitative estimate of drug-likeness (QED) is 0.600. The summed E-state index contributed by atoms with van der Waals surface area (Å²) in [5.74, 6) is -0.0994. The van der Waals surface area contributed by atoms with Crippen molar-refractivity contribution >= 4 is 11.8 Å². The summed E-state index contributed by atoms with van der Waals surface area (Å²) < 4.78 is 0.962. The van der Waals surface area contributed by atoms with Gasteiger partial charge in [-0.05, 0) is 25.7 Å². The van der Waals surface area contributed by atoms with Gasteiger partial charge in [-0.1, -0.05) is 0 Å². The Bertz CT molecular complexity index is 822. The molecule has 9 nitrogen and oxygen atoms in total. The minimum absolute atomic E-state index is 0.0509. The van der Waals surface area contributed by atoms with Crippen LogP contribution in [-0.2, 0) is 23.1 Å². The van der Waals surface area contributed by atoms with Gasteiger partial charge in [-0.15, -0.1) is 0 Å². The van der Waals surface area contributed by atoms with Crippen LogP contribution >= 0.6 is 0 Å². The topological polar surface area (TPSA) is 116 Å². The van der Waals surface area contributed by atoms with E-state index in [1.807, 2.05) is 4.90 Å². The summed E-state index contributed by atoms with van der Waals surface area (Å²) in [6.07, 6.45) is 5.00. The number of aromatic amines is 1. The van der Waals surface area contributed by atoms with Gasteiger partial charge in [0.15, 0.2) is 0 Å². The van der Waals surface area contributed by atoms with Gasteiger partial charge >= 0.3 is 5.69 Å². The number of hydrogen-bond donors (Lipinski definition) is 3. The summed E-state index contributed by atoms with van der Waals surface area (Å²) >= 11 is 0. The van der Waals surface area contributed by atoms with Crippen LogP contribution in [-0.4, -0.2) is 57.5 Å². The van der Waals surface area contributed by atoms with Crippen LogP contribution < -0.4 is 21.9 Å². The van der Waals surface area contributed by atoms with E-state index in [9.17, 15) is 19.2 Å². The SMILES string of the molecule is CC(=O)N1CCC(N[C@@H]2CC[C@@H]2NC(=O)Cc2c[nH]c(=O)n(C)c2=O)CC1. The van der Waals surface area contributed by atoms with Crippen molar-refractivity contribution in [2.24, 2.45) is 7.05 Å². The first-order valence-electron chi connectivity index (χ1n) is 9.43. The molecule has 27 heavy (non-hydrogen) atoms. The lowest BCUT2D eigenvalue weighted by molar-refractivity contribution is -0.130. The Kier molecular flexibility index (Phi) is 5.79. The Labute approximate surface area is 157 Å². The summed E-state index contributed by atoms with van der Waals surface area (Å²) in [4.78, 5) is 51.4. The average Bonchev–Trinajstić information content (AvgIpc) is 2.64. The van der Waals surface area contributed by atoms with Crippen molar-refractivity contribution in [3.63, 3.8) is 0 Å². The van der Waals surface area contributed by atoms with Gasteiger partial charge in [-0.3, -0.25) is 19.0 Å². The third-order valence-corrected chi connectivity index (χ3v) is 5.62. The predicted octanol–water partition coefficient (Wildman–Crippen LogP) is -1.14. The Morgan fingerprint density at radius 3 is 2.41 bits per heavy atom. The Morgan fingerprint density at radius 2 is 1.81 bits per heavy atom. The first-order chi connectivity index (χ1) is 12.8. The molecule has 0 aromatic carbocycles. The number of amides is 2. The number of rotatable bonds is 5. The highest BCUT2D eigenvalue weighted by Crippen LogP contribution is 2.22. The van der Waals surface area contributed by atoms with Crippen molar-refractivity contribution in [3.05, 3.63) is 32.6 Å². The van der Waals surface area contributed by atoms with Gasteiger partial charge in [-0.25, -0.2) is 4.79 Å². The smallest absolute Gasteiger partial charge is 0.328 e. The van der Waals surface area contributed by atoms with Crippen LogP contribution in [0.2, 0.25) is 0 Å². The van der Waals surface area contributed by atoms with Crippen molar-refractivity contribution in [2.75, 3.05) is 13.1 Å². The summed E-state index contributed by atoms with van der Waals surface area (Å²) in [5, 5.41) is 6.58. The van der Waals surface area contributed by atoms with E-state index in [4.69, 9.17) is 0 Å².